The highest BCUT2D eigenvalue weighted by Gasteiger charge is 2.19. The van der Waals surface area contributed by atoms with Crippen molar-refractivity contribution in [1.29, 1.82) is 0 Å². The fourth-order valence-electron chi connectivity index (χ4n) is 3.16. The van der Waals surface area contributed by atoms with E-state index in [0.29, 0.717) is 18.4 Å². The van der Waals surface area contributed by atoms with Crippen LogP contribution in [0.15, 0.2) is 81.7 Å². The second-order valence-corrected chi connectivity index (χ2v) is 6.16. The van der Waals surface area contributed by atoms with Crippen molar-refractivity contribution in [3.8, 4) is 0 Å². The Morgan fingerprint density at radius 1 is 0.621 bits per heavy atom. The van der Waals surface area contributed by atoms with Crippen molar-refractivity contribution in [2.24, 2.45) is 15.0 Å². The van der Waals surface area contributed by atoms with Crippen molar-refractivity contribution in [3.63, 3.8) is 0 Å². The minimum absolute atomic E-state index is 0.00515. The molecule has 0 aromatic heterocycles. The van der Waals surface area contributed by atoms with Gasteiger partial charge in [-0.3, -0.25) is 0 Å². The van der Waals surface area contributed by atoms with E-state index in [1.165, 1.54) is 18.2 Å². The van der Waals surface area contributed by atoms with Crippen LogP contribution in [0.25, 0.3) is 0 Å². The molecule has 3 rings (SSSR count). The standard InChI is InChI=1S/C23H15N3O3/c27-14-24-21-13-19(11-17-7-3-1-4-8-17)20(12-18-9-5-2-6-10-18)22(25-15-28)23(21)26-16-29/h1-10,13H,11-12H2. The number of aliphatic imine (C=N–C) groups is 3. The molecule has 29 heavy (non-hydrogen) atoms. The van der Waals surface area contributed by atoms with E-state index in [-0.39, 0.29) is 17.1 Å². The summed E-state index contributed by atoms with van der Waals surface area (Å²) in [4.78, 5) is 44.1. The number of nitrogens with zero attached hydrogens (tertiary/aromatic N) is 3. The van der Waals surface area contributed by atoms with Crippen molar-refractivity contribution >= 4 is 35.3 Å². The first-order valence-corrected chi connectivity index (χ1v) is 8.77. The van der Waals surface area contributed by atoms with Gasteiger partial charge in [0.1, 0.15) is 17.1 Å². The smallest absolute Gasteiger partial charge is 0.211 e. The molecule has 0 saturated heterocycles. The molecular formula is C23H15N3O3. The number of hydrogen-bond acceptors (Lipinski definition) is 6. The van der Waals surface area contributed by atoms with Gasteiger partial charge in [-0.15, -0.1) is 0 Å². The fourth-order valence-corrected chi connectivity index (χ4v) is 3.16. The first-order valence-electron chi connectivity index (χ1n) is 8.77. The third-order valence-corrected chi connectivity index (χ3v) is 4.39. The summed E-state index contributed by atoms with van der Waals surface area (Å²) in [6.07, 6.45) is 5.36. The lowest BCUT2D eigenvalue weighted by Crippen LogP contribution is -1.99. The predicted molar refractivity (Wildman–Crippen MR) is 108 cm³/mol. The molecule has 3 aromatic carbocycles. The van der Waals surface area contributed by atoms with Crippen molar-refractivity contribution < 1.29 is 14.4 Å². The first-order chi connectivity index (χ1) is 14.3. The van der Waals surface area contributed by atoms with Crippen LogP contribution in [0, 0.1) is 0 Å². The average molecular weight is 381 g/mol. The zero-order valence-electron chi connectivity index (χ0n) is 15.3. The van der Waals surface area contributed by atoms with Gasteiger partial charge >= 0.3 is 0 Å². The molecule has 0 amide bonds. The van der Waals surface area contributed by atoms with Gasteiger partial charge in [-0.1, -0.05) is 60.7 Å². The van der Waals surface area contributed by atoms with Gasteiger partial charge < -0.3 is 0 Å². The maximum absolute atomic E-state index is 11.1. The summed E-state index contributed by atoms with van der Waals surface area (Å²) in [6.45, 7) is 0. The van der Waals surface area contributed by atoms with Gasteiger partial charge in [0, 0.05) is 0 Å². The molecule has 0 fully saturated rings. The summed E-state index contributed by atoms with van der Waals surface area (Å²) in [5, 5.41) is 0. The van der Waals surface area contributed by atoms with Crippen LogP contribution < -0.4 is 0 Å². The van der Waals surface area contributed by atoms with E-state index in [4.69, 9.17) is 0 Å². The average Bonchev–Trinajstić information content (AvgIpc) is 2.75. The van der Waals surface area contributed by atoms with E-state index in [0.717, 1.165) is 16.7 Å². The highest BCUT2D eigenvalue weighted by atomic mass is 16.1. The Balaban J connectivity index is 2.29. The van der Waals surface area contributed by atoms with Crippen LogP contribution in [0.4, 0.5) is 17.1 Å². The van der Waals surface area contributed by atoms with Crippen molar-refractivity contribution in [2.75, 3.05) is 0 Å². The van der Waals surface area contributed by atoms with Crippen LogP contribution >= 0.6 is 0 Å². The first kappa shape index (κ1) is 19.6. The normalized spacial score (nSPS) is 9.66. The molecule has 0 bridgehead atoms. The summed E-state index contributed by atoms with van der Waals surface area (Å²) in [5.41, 5.74) is 3.74. The second-order valence-electron chi connectivity index (χ2n) is 6.16. The lowest BCUT2D eigenvalue weighted by Gasteiger charge is -2.15. The second kappa shape index (κ2) is 9.65. The molecule has 0 unspecified atom stereocenters. The molecule has 0 aliphatic rings. The van der Waals surface area contributed by atoms with Crippen LogP contribution in [0.3, 0.4) is 0 Å². The van der Waals surface area contributed by atoms with Gasteiger partial charge in [0.05, 0.1) is 0 Å². The Bertz CT molecular complexity index is 1150. The molecule has 6 heteroatoms. The minimum atomic E-state index is -0.00515. The van der Waals surface area contributed by atoms with E-state index in [1.807, 2.05) is 60.7 Å². The van der Waals surface area contributed by atoms with Gasteiger partial charge in [-0.25, -0.2) is 14.4 Å². The topological polar surface area (TPSA) is 88.3 Å². The Morgan fingerprint density at radius 3 is 1.69 bits per heavy atom. The number of carbonyl (C=O) groups excluding carboxylic acids is 3. The molecule has 3 aromatic rings. The maximum Gasteiger partial charge on any atom is 0.240 e. The van der Waals surface area contributed by atoms with E-state index < -0.39 is 0 Å². The number of hydrogen-bond donors (Lipinski definition) is 0. The molecule has 6 nitrogen and oxygen atoms in total. The Hall–Kier alpha value is -4.20. The van der Waals surface area contributed by atoms with E-state index >= 15 is 0 Å². The fraction of sp³-hybridized carbons (Fsp3) is 0.0870. The van der Waals surface area contributed by atoms with Crippen LogP contribution in [-0.2, 0) is 27.2 Å². The number of isocyanates is 3. The van der Waals surface area contributed by atoms with Crippen LogP contribution in [0.1, 0.15) is 22.3 Å². The van der Waals surface area contributed by atoms with Crippen molar-refractivity contribution in [2.45, 2.75) is 12.8 Å². The SMILES string of the molecule is O=C=Nc1cc(Cc2ccccc2)c(Cc2ccccc2)c(N=C=O)c1N=C=O. The third-order valence-electron chi connectivity index (χ3n) is 4.39. The number of benzene rings is 3. The molecule has 0 spiro atoms. The van der Waals surface area contributed by atoms with E-state index in [9.17, 15) is 14.4 Å². The molecule has 0 atom stereocenters. The van der Waals surface area contributed by atoms with Gasteiger partial charge in [0.25, 0.3) is 0 Å². The lowest BCUT2D eigenvalue weighted by molar-refractivity contribution is 0.564. The Labute approximate surface area is 167 Å². The quantitative estimate of drug-likeness (QED) is 0.436. The van der Waals surface area contributed by atoms with Gasteiger partial charge in [0.15, 0.2) is 0 Å². The minimum Gasteiger partial charge on any atom is -0.211 e. The summed E-state index contributed by atoms with van der Waals surface area (Å²) in [7, 11) is 0. The third kappa shape index (κ3) is 4.75. The van der Waals surface area contributed by atoms with Gasteiger partial charge in [0.2, 0.25) is 18.2 Å². The summed E-state index contributed by atoms with van der Waals surface area (Å²) in [5.74, 6) is 0. The highest BCUT2D eigenvalue weighted by Crippen LogP contribution is 2.43. The monoisotopic (exact) mass is 381 g/mol. The molecular weight excluding hydrogens is 366 g/mol. The van der Waals surface area contributed by atoms with Crippen LogP contribution in [0.5, 0.6) is 0 Å². The number of rotatable bonds is 7. The van der Waals surface area contributed by atoms with Crippen LogP contribution in [-0.4, -0.2) is 18.2 Å². The van der Waals surface area contributed by atoms with Crippen molar-refractivity contribution in [1.82, 2.24) is 0 Å². The van der Waals surface area contributed by atoms with E-state index in [2.05, 4.69) is 15.0 Å². The zero-order chi connectivity index (χ0) is 20.5. The summed E-state index contributed by atoms with van der Waals surface area (Å²) < 4.78 is 0. The van der Waals surface area contributed by atoms with Crippen molar-refractivity contribution in [3.05, 3.63) is 89.0 Å². The zero-order valence-corrected chi connectivity index (χ0v) is 15.3. The molecule has 0 aliphatic heterocycles. The Kier molecular flexibility index (Phi) is 6.51. The summed E-state index contributed by atoms with van der Waals surface area (Å²) in [6, 6.07) is 21.0. The molecule has 0 radical (unpaired) electrons. The maximum atomic E-state index is 11.1. The predicted octanol–water partition coefficient (Wildman–Crippen LogP) is 4.77. The van der Waals surface area contributed by atoms with E-state index in [1.54, 1.807) is 6.07 Å². The molecule has 0 aliphatic carbocycles. The Morgan fingerprint density at radius 2 is 1.14 bits per heavy atom. The molecule has 140 valence electrons. The lowest BCUT2D eigenvalue weighted by atomic mass is 9.92. The molecule has 0 N–H and O–H groups in total. The van der Waals surface area contributed by atoms with Gasteiger partial charge in [-0.05, 0) is 41.2 Å². The highest BCUT2D eigenvalue weighted by molar-refractivity contribution is 5.84. The molecule has 0 saturated carbocycles. The summed E-state index contributed by atoms with van der Waals surface area (Å²) >= 11 is 0. The largest absolute Gasteiger partial charge is 0.240 e. The van der Waals surface area contributed by atoms with Crippen LogP contribution in [0.2, 0.25) is 0 Å². The molecule has 0 heterocycles. The van der Waals surface area contributed by atoms with Gasteiger partial charge in [-0.2, -0.15) is 15.0 Å².